The average molecular weight is 282 g/mol. The highest BCUT2D eigenvalue weighted by Gasteiger charge is 2.19. The molecule has 6 heteroatoms. The maximum absolute atomic E-state index is 12.0. The molecule has 2 rings (SSSR count). The van der Waals surface area contributed by atoms with Crippen LogP contribution in [0.5, 0.6) is 0 Å². The summed E-state index contributed by atoms with van der Waals surface area (Å²) in [6.45, 7) is 7.84. The number of nitrogen functional groups attached to an aromatic ring is 1. The number of piperazine rings is 1. The van der Waals surface area contributed by atoms with Crippen LogP contribution in [0.4, 0.5) is 10.7 Å². The monoisotopic (exact) mass is 282 g/mol. The molecule has 3 N–H and O–H groups in total. The van der Waals surface area contributed by atoms with Crippen molar-refractivity contribution in [3.05, 3.63) is 10.9 Å². The molecule has 0 radical (unpaired) electrons. The SMILES string of the molecule is CC(C)C(=O)c1sc(NN2CCN(C)CC2)cc1N. The Bertz CT molecular complexity index is 449. The lowest BCUT2D eigenvalue weighted by molar-refractivity contribution is 0.0944. The summed E-state index contributed by atoms with van der Waals surface area (Å²) in [5.74, 6) is 0.103. The van der Waals surface area contributed by atoms with Crippen molar-refractivity contribution in [1.82, 2.24) is 9.91 Å². The lowest BCUT2D eigenvalue weighted by Crippen LogP contribution is -2.46. The van der Waals surface area contributed by atoms with Crippen molar-refractivity contribution >= 4 is 27.8 Å². The van der Waals surface area contributed by atoms with Crippen molar-refractivity contribution in [2.75, 3.05) is 44.4 Å². The van der Waals surface area contributed by atoms with Crippen LogP contribution in [0.25, 0.3) is 0 Å². The molecule has 0 amide bonds. The van der Waals surface area contributed by atoms with Crippen molar-refractivity contribution in [1.29, 1.82) is 0 Å². The highest BCUT2D eigenvalue weighted by atomic mass is 32.1. The fraction of sp³-hybridized carbons (Fsp3) is 0.615. The van der Waals surface area contributed by atoms with E-state index in [1.54, 1.807) is 0 Å². The summed E-state index contributed by atoms with van der Waals surface area (Å²) in [6, 6.07) is 1.86. The Labute approximate surface area is 118 Å². The zero-order valence-corrected chi connectivity index (χ0v) is 12.6. The largest absolute Gasteiger partial charge is 0.397 e. The number of hydrogen-bond acceptors (Lipinski definition) is 6. The summed E-state index contributed by atoms with van der Waals surface area (Å²) in [4.78, 5) is 15.0. The van der Waals surface area contributed by atoms with Crippen LogP contribution >= 0.6 is 11.3 Å². The summed E-state index contributed by atoms with van der Waals surface area (Å²) in [5, 5.41) is 3.13. The van der Waals surface area contributed by atoms with Gasteiger partial charge in [-0.3, -0.25) is 4.79 Å². The van der Waals surface area contributed by atoms with Gasteiger partial charge < -0.3 is 16.1 Å². The Morgan fingerprint density at radius 1 is 1.37 bits per heavy atom. The van der Waals surface area contributed by atoms with Gasteiger partial charge in [0.2, 0.25) is 0 Å². The van der Waals surface area contributed by atoms with E-state index in [-0.39, 0.29) is 11.7 Å². The number of nitrogens with two attached hydrogens (primary N) is 1. The van der Waals surface area contributed by atoms with E-state index in [0.717, 1.165) is 31.2 Å². The summed E-state index contributed by atoms with van der Waals surface area (Å²) < 4.78 is 0. The molecule has 0 aliphatic carbocycles. The van der Waals surface area contributed by atoms with Gasteiger partial charge >= 0.3 is 0 Å². The molecule has 19 heavy (non-hydrogen) atoms. The van der Waals surface area contributed by atoms with E-state index in [2.05, 4.69) is 22.4 Å². The Balaban J connectivity index is 2.02. The number of ketones is 1. The van der Waals surface area contributed by atoms with Gasteiger partial charge in [-0.2, -0.15) is 0 Å². The number of anilines is 2. The van der Waals surface area contributed by atoms with Crippen LogP contribution in [0.15, 0.2) is 6.07 Å². The second kappa shape index (κ2) is 5.90. The fourth-order valence-corrected chi connectivity index (χ4v) is 3.08. The molecule has 0 aromatic carbocycles. The van der Waals surface area contributed by atoms with Gasteiger partial charge in [0.15, 0.2) is 5.78 Å². The molecule has 0 bridgehead atoms. The molecule has 2 heterocycles. The molecular weight excluding hydrogens is 260 g/mol. The first-order valence-corrected chi connectivity index (χ1v) is 7.42. The third kappa shape index (κ3) is 3.46. The minimum absolute atomic E-state index is 0.0163. The van der Waals surface area contributed by atoms with Crippen LogP contribution in [0.3, 0.4) is 0 Å². The predicted octanol–water partition coefficient (Wildman–Crippen LogP) is 1.74. The predicted molar refractivity (Wildman–Crippen MR) is 80.6 cm³/mol. The number of nitrogens with one attached hydrogen (secondary N) is 1. The summed E-state index contributed by atoms with van der Waals surface area (Å²) in [6.07, 6.45) is 0. The van der Waals surface area contributed by atoms with E-state index in [1.807, 2.05) is 19.9 Å². The number of rotatable bonds is 4. The lowest BCUT2D eigenvalue weighted by Gasteiger charge is -2.32. The van der Waals surface area contributed by atoms with Gasteiger partial charge in [0.25, 0.3) is 0 Å². The van der Waals surface area contributed by atoms with Gasteiger partial charge in [-0.15, -0.1) is 11.3 Å². The summed E-state index contributed by atoms with van der Waals surface area (Å²) in [7, 11) is 2.12. The lowest BCUT2D eigenvalue weighted by atomic mass is 10.1. The van der Waals surface area contributed by atoms with Crippen LogP contribution in [0.1, 0.15) is 23.5 Å². The third-order valence-electron chi connectivity index (χ3n) is 3.28. The van der Waals surface area contributed by atoms with E-state index >= 15 is 0 Å². The van der Waals surface area contributed by atoms with E-state index in [0.29, 0.717) is 10.6 Å². The molecule has 0 saturated carbocycles. The number of Topliss-reactive ketones (excluding diaryl/α,β-unsaturated/α-hetero) is 1. The first-order chi connectivity index (χ1) is 8.97. The number of likely N-dealkylation sites (N-methyl/N-ethyl adjacent to an activating group) is 1. The Morgan fingerprint density at radius 2 is 2.00 bits per heavy atom. The Kier molecular flexibility index (Phi) is 4.44. The van der Waals surface area contributed by atoms with Crippen molar-refractivity contribution in [2.45, 2.75) is 13.8 Å². The second-order valence-electron chi connectivity index (χ2n) is 5.32. The van der Waals surface area contributed by atoms with Crippen LogP contribution in [0, 0.1) is 5.92 Å². The molecule has 5 nitrogen and oxygen atoms in total. The van der Waals surface area contributed by atoms with Crippen LogP contribution in [-0.4, -0.2) is 48.9 Å². The van der Waals surface area contributed by atoms with Crippen molar-refractivity contribution < 1.29 is 4.79 Å². The van der Waals surface area contributed by atoms with Crippen LogP contribution in [0.2, 0.25) is 0 Å². The molecule has 1 aromatic rings. The van der Waals surface area contributed by atoms with Crippen molar-refractivity contribution in [3.8, 4) is 0 Å². The van der Waals surface area contributed by atoms with Crippen molar-refractivity contribution in [3.63, 3.8) is 0 Å². The Morgan fingerprint density at radius 3 is 2.58 bits per heavy atom. The van der Waals surface area contributed by atoms with E-state index in [9.17, 15) is 4.79 Å². The van der Waals surface area contributed by atoms with Crippen LogP contribution in [-0.2, 0) is 0 Å². The van der Waals surface area contributed by atoms with Gasteiger partial charge in [0.05, 0.1) is 10.6 Å². The molecule has 1 fully saturated rings. The number of nitrogens with zero attached hydrogens (tertiary/aromatic N) is 2. The molecule has 1 aromatic heterocycles. The highest BCUT2D eigenvalue weighted by molar-refractivity contribution is 7.18. The number of hydrogen-bond donors (Lipinski definition) is 2. The normalized spacial score (nSPS) is 17.9. The zero-order valence-electron chi connectivity index (χ0n) is 11.8. The third-order valence-corrected chi connectivity index (χ3v) is 4.35. The number of hydrazine groups is 1. The van der Waals surface area contributed by atoms with Crippen LogP contribution < -0.4 is 11.2 Å². The maximum atomic E-state index is 12.0. The molecule has 1 saturated heterocycles. The number of carbonyl (C=O) groups excluding carboxylic acids is 1. The van der Waals surface area contributed by atoms with Gasteiger partial charge in [0.1, 0.15) is 5.00 Å². The summed E-state index contributed by atoms with van der Waals surface area (Å²) >= 11 is 1.45. The molecule has 0 unspecified atom stereocenters. The average Bonchev–Trinajstić information content (AvgIpc) is 2.72. The molecule has 0 spiro atoms. The second-order valence-corrected chi connectivity index (χ2v) is 6.37. The minimum atomic E-state index is -0.0163. The van der Waals surface area contributed by atoms with E-state index in [4.69, 9.17) is 5.73 Å². The van der Waals surface area contributed by atoms with Crippen molar-refractivity contribution in [2.24, 2.45) is 5.92 Å². The molecule has 0 atom stereocenters. The zero-order chi connectivity index (χ0) is 14.0. The van der Waals surface area contributed by atoms with Gasteiger partial charge in [-0.05, 0) is 13.1 Å². The standard InChI is InChI=1S/C13H22N4OS/c1-9(2)12(18)13-10(14)8-11(19-13)15-17-6-4-16(3)5-7-17/h8-9,15H,4-7,14H2,1-3H3. The van der Waals surface area contributed by atoms with Gasteiger partial charge in [-0.25, -0.2) is 5.01 Å². The maximum Gasteiger partial charge on any atom is 0.177 e. The van der Waals surface area contributed by atoms with E-state index < -0.39 is 0 Å². The van der Waals surface area contributed by atoms with E-state index in [1.165, 1.54) is 11.3 Å². The quantitative estimate of drug-likeness (QED) is 0.824. The molecule has 1 aliphatic rings. The highest BCUT2D eigenvalue weighted by Crippen LogP contribution is 2.31. The minimum Gasteiger partial charge on any atom is -0.397 e. The first kappa shape index (κ1) is 14.3. The molecule has 106 valence electrons. The first-order valence-electron chi connectivity index (χ1n) is 6.61. The summed E-state index contributed by atoms with van der Waals surface area (Å²) in [5.41, 5.74) is 9.86. The fourth-order valence-electron chi connectivity index (χ4n) is 1.99. The Hall–Kier alpha value is -1.11. The molecule has 1 aliphatic heterocycles. The topological polar surface area (TPSA) is 61.6 Å². The molecular formula is C13H22N4OS. The number of thiophene rings is 1. The van der Waals surface area contributed by atoms with Gasteiger partial charge in [-0.1, -0.05) is 13.8 Å². The van der Waals surface area contributed by atoms with Gasteiger partial charge in [0, 0.05) is 32.1 Å². The smallest absolute Gasteiger partial charge is 0.177 e. The number of carbonyl (C=O) groups is 1.